The number of allylic oxidation sites excluding steroid dienone is 2. The number of amides is 3. The largest absolute Gasteiger partial charge is 0.322 e. The molecule has 2 aromatic rings. The van der Waals surface area contributed by atoms with Crippen LogP contribution in [0.15, 0.2) is 54.1 Å². The molecular formula is C25H24N2O3. The van der Waals surface area contributed by atoms with Gasteiger partial charge in [0.1, 0.15) is 0 Å². The van der Waals surface area contributed by atoms with Crippen molar-refractivity contribution in [2.45, 2.75) is 27.2 Å². The van der Waals surface area contributed by atoms with Crippen LogP contribution in [-0.2, 0) is 9.59 Å². The number of carbonyl (C=O) groups is 3. The first-order valence-electron chi connectivity index (χ1n) is 10.4. The summed E-state index contributed by atoms with van der Waals surface area (Å²) in [5, 5.41) is 2.90. The minimum absolute atomic E-state index is 0.128. The first-order chi connectivity index (χ1) is 14.3. The van der Waals surface area contributed by atoms with E-state index >= 15 is 0 Å². The molecule has 0 aromatic heterocycles. The highest BCUT2D eigenvalue weighted by Gasteiger charge is 2.60. The van der Waals surface area contributed by atoms with E-state index in [2.05, 4.69) is 18.3 Å². The van der Waals surface area contributed by atoms with Crippen LogP contribution in [0.5, 0.6) is 0 Å². The van der Waals surface area contributed by atoms with Crippen LogP contribution in [0.1, 0.15) is 34.8 Å². The number of imide groups is 1. The van der Waals surface area contributed by atoms with Gasteiger partial charge < -0.3 is 5.32 Å². The van der Waals surface area contributed by atoms with Gasteiger partial charge in [0.25, 0.3) is 5.91 Å². The quantitative estimate of drug-likeness (QED) is 0.618. The third-order valence-corrected chi connectivity index (χ3v) is 7.01. The summed E-state index contributed by atoms with van der Waals surface area (Å²) in [5.74, 6) is -0.684. The molecule has 1 saturated carbocycles. The lowest BCUT2D eigenvalue weighted by Gasteiger charge is -2.19. The average molecular weight is 400 g/mol. The normalized spacial score (nSPS) is 26.8. The zero-order valence-electron chi connectivity index (χ0n) is 17.3. The van der Waals surface area contributed by atoms with Crippen LogP contribution in [0.2, 0.25) is 0 Å². The molecule has 1 N–H and O–H groups in total. The van der Waals surface area contributed by atoms with Crippen LogP contribution in [0.25, 0.3) is 0 Å². The fourth-order valence-electron chi connectivity index (χ4n) is 5.34. The molecule has 5 heteroatoms. The summed E-state index contributed by atoms with van der Waals surface area (Å²) in [5.41, 5.74) is 5.09. The Bertz CT molecular complexity index is 1130. The summed E-state index contributed by atoms with van der Waals surface area (Å²) in [6, 6.07) is 12.5. The number of carbonyl (C=O) groups excluding carboxylic acids is 3. The van der Waals surface area contributed by atoms with E-state index < -0.39 is 0 Å². The molecular weight excluding hydrogens is 376 g/mol. The molecule has 2 bridgehead atoms. The van der Waals surface area contributed by atoms with Crippen LogP contribution in [-0.4, -0.2) is 17.7 Å². The lowest BCUT2D eigenvalue weighted by atomic mass is 9.82. The molecule has 0 radical (unpaired) electrons. The number of nitrogens with zero attached hydrogens (tertiary/aromatic N) is 1. The minimum atomic E-state index is -0.267. The second-order valence-electron chi connectivity index (χ2n) is 8.78. The van der Waals surface area contributed by atoms with Gasteiger partial charge in [0, 0.05) is 11.3 Å². The second-order valence-corrected chi connectivity index (χ2v) is 8.78. The van der Waals surface area contributed by atoms with E-state index in [4.69, 9.17) is 0 Å². The Kier molecular flexibility index (Phi) is 4.17. The maximum atomic E-state index is 13.2. The summed E-state index contributed by atoms with van der Waals surface area (Å²) in [6.45, 7) is 6.07. The second kappa shape index (κ2) is 6.66. The Morgan fingerprint density at radius 1 is 0.967 bits per heavy atom. The van der Waals surface area contributed by atoms with E-state index in [9.17, 15) is 14.4 Å². The Morgan fingerprint density at radius 3 is 2.50 bits per heavy atom. The van der Waals surface area contributed by atoms with Gasteiger partial charge in [0.05, 0.1) is 17.5 Å². The van der Waals surface area contributed by atoms with Crippen LogP contribution < -0.4 is 10.2 Å². The van der Waals surface area contributed by atoms with Crippen molar-refractivity contribution in [2.24, 2.45) is 23.7 Å². The van der Waals surface area contributed by atoms with Crippen LogP contribution >= 0.6 is 0 Å². The zero-order valence-corrected chi connectivity index (χ0v) is 17.3. The van der Waals surface area contributed by atoms with E-state index in [0.717, 1.165) is 23.2 Å². The number of anilines is 2. The summed E-state index contributed by atoms with van der Waals surface area (Å²) >= 11 is 0. The summed E-state index contributed by atoms with van der Waals surface area (Å²) < 4.78 is 0. The van der Waals surface area contributed by atoms with Crippen LogP contribution in [0.4, 0.5) is 11.4 Å². The molecule has 0 spiro atoms. The standard InChI is InChI=1S/C25H24N2O3/c1-13-7-8-18(10-14(13)2)26-23(28)16-5-4-6-19(11-16)27-24(29)21-17-9-15(3)20(12-17)22(21)25(27)30/h4-11,17,20-22H,12H2,1-3H3,(H,26,28)/t17-,20-,21+,22+/m1/s1. The van der Waals surface area contributed by atoms with Gasteiger partial charge in [-0.1, -0.05) is 23.8 Å². The molecule has 30 heavy (non-hydrogen) atoms. The van der Waals surface area contributed by atoms with Gasteiger partial charge in [-0.3, -0.25) is 14.4 Å². The van der Waals surface area contributed by atoms with Crippen molar-refractivity contribution in [3.05, 3.63) is 70.8 Å². The number of benzene rings is 2. The van der Waals surface area contributed by atoms with Crippen LogP contribution in [0.3, 0.4) is 0 Å². The fraction of sp³-hybridized carbons (Fsp3) is 0.320. The molecule has 1 saturated heterocycles. The Hall–Kier alpha value is -3.21. The van der Waals surface area contributed by atoms with E-state index in [0.29, 0.717) is 11.3 Å². The van der Waals surface area contributed by atoms with Crippen molar-refractivity contribution in [1.82, 2.24) is 0 Å². The molecule has 4 atom stereocenters. The van der Waals surface area contributed by atoms with Gasteiger partial charge in [-0.2, -0.15) is 0 Å². The van der Waals surface area contributed by atoms with Crippen molar-refractivity contribution >= 4 is 29.1 Å². The molecule has 3 amide bonds. The Labute approximate surface area is 175 Å². The highest BCUT2D eigenvalue weighted by atomic mass is 16.2. The van der Waals surface area contributed by atoms with Crippen molar-refractivity contribution in [2.75, 3.05) is 10.2 Å². The average Bonchev–Trinajstić information content (AvgIpc) is 3.35. The van der Waals surface area contributed by atoms with Gasteiger partial charge >= 0.3 is 0 Å². The SMILES string of the molecule is CC1=C[C@@H]2C[C@H]1[C@@H]1C(=O)N(c3cccc(C(=O)Nc4ccc(C)c(C)c4)c3)C(=O)[C@H]12. The summed E-state index contributed by atoms with van der Waals surface area (Å²) in [4.78, 5) is 40.3. The molecule has 1 heterocycles. The monoisotopic (exact) mass is 400 g/mol. The van der Waals surface area contributed by atoms with Gasteiger partial charge in [0.15, 0.2) is 0 Å². The number of fused-ring (bicyclic) bond motifs is 5. The zero-order chi connectivity index (χ0) is 21.2. The Balaban J connectivity index is 1.40. The smallest absolute Gasteiger partial charge is 0.255 e. The molecule has 5 rings (SSSR count). The molecule has 2 fully saturated rings. The van der Waals surface area contributed by atoms with E-state index in [1.54, 1.807) is 24.3 Å². The summed E-state index contributed by atoms with van der Waals surface area (Å²) in [6.07, 6.45) is 3.07. The highest BCUT2D eigenvalue weighted by Crippen LogP contribution is 2.55. The van der Waals surface area contributed by atoms with E-state index in [1.165, 1.54) is 10.5 Å². The molecule has 3 aliphatic rings. The van der Waals surface area contributed by atoms with Gasteiger partial charge in [-0.15, -0.1) is 0 Å². The first kappa shape index (κ1) is 18.8. The number of hydrogen-bond donors (Lipinski definition) is 1. The predicted molar refractivity (Wildman–Crippen MR) is 115 cm³/mol. The lowest BCUT2D eigenvalue weighted by Crippen LogP contribution is -2.33. The van der Waals surface area contributed by atoms with Crippen molar-refractivity contribution in [3.8, 4) is 0 Å². The Morgan fingerprint density at radius 2 is 1.73 bits per heavy atom. The highest BCUT2D eigenvalue weighted by molar-refractivity contribution is 6.23. The van der Waals surface area contributed by atoms with Crippen molar-refractivity contribution in [3.63, 3.8) is 0 Å². The number of nitrogens with one attached hydrogen (secondary N) is 1. The van der Waals surface area contributed by atoms with Crippen LogP contribution in [0, 0.1) is 37.5 Å². The van der Waals surface area contributed by atoms with Crippen molar-refractivity contribution in [1.29, 1.82) is 0 Å². The topological polar surface area (TPSA) is 66.5 Å². The van der Waals surface area contributed by atoms with Gasteiger partial charge in [-0.25, -0.2) is 4.90 Å². The molecule has 1 aliphatic heterocycles. The van der Waals surface area contributed by atoms with E-state index in [1.807, 2.05) is 32.0 Å². The minimum Gasteiger partial charge on any atom is -0.322 e. The first-order valence-corrected chi connectivity index (χ1v) is 10.4. The molecule has 2 aliphatic carbocycles. The molecule has 5 nitrogen and oxygen atoms in total. The molecule has 152 valence electrons. The maximum Gasteiger partial charge on any atom is 0.255 e. The van der Waals surface area contributed by atoms with Crippen molar-refractivity contribution < 1.29 is 14.4 Å². The molecule has 2 aromatic carbocycles. The lowest BCUT2D eigenvalue weighted by molar-refractivity contribution is -0.123. The number of hydrogen-bond acceptors (Lipinski definition) is 3. The van der Waals surface area contributed by atoms with Gasteiger partial charge in [-0.05, 0) is 80.5 Å². The van der Waals surface area contributed by atoms with E-state index in [-0.39, 0.29) is 41.4 Å². The fourth-order valence-corrected chi connectivity index (χ4v) is 5.34. The summed E-state index contributed by atoms with van der Waals surface area (Å²) in [7, 11) is 0. The number of rotatable bonds is 3. The predicted octanol–water partition coefficient (Wildman–Crippen LogP) is 4.26. The number of aryl methyl sites for hydroxylation is 2. The maximum absolute atomic E-state index is 13.2. The third-order valence-electron chi connectivity index (χ3n) is 7.01. The third kappa shape index (κ3) is 2.72. The van der Waals surface area contributed by atoms with Gasteiger partial charge in [0.2, 0.25) is 11.8 Å². The molecule has 0 unspecified atom stereocenters.